The number of ether oxygens (including phenoxy) is 4. The second-order valence-electron chi connectivity index (χ2n) is 5.65. The van der Waals surface area contributed by atoms with Crippen LogP contribution in [0.25, 0.3) is 0 Å². The molecule has 0 amide bonds. The summed E-state index contributed by atoms with van der Waals surface area (Å²) in [6, 6.07) is 7.48. The molecule has 0 saturated carbocycles. The van der Waals surface area contributed by atoms with Crippen molar-refractivity contribution in [2.24, 2.45) is 10.7 Å². The van der Waals surface area contributed by atoms with Crippen LogP contribution in [-0.4, -0.2) is 51.3 Å². The van der Waals surface area contributed by atoms with Crippen molar-refractivity contribution in [3.05, 3.63) is 24.3 Å². The first-order chi connectivity index (χ1) is 11.2. The van der Waals surface area contributed by atoms with Gasteiger partial charge in [0, 0.05) is 18.5 Å². The number of hydrogen-bond acceptors (Lipinski definition) is 5. The number of anilines is 1. The third-order valence-corrected chi connectivity index (χ3v) is 4.00. The van der Waals surface area contributed by atoms with Gasteiger partial charge in [-0.15, -0.1) is 0 Å². The largest absolute Gasteiger partial charge is 0.497 e. The van der Waals surface area contributed by atoms with Crippen LogP contribution in [-0.2, 0) is 14.2 Å². The molecule has 2 heterocycles. The van der Waals surface area contributed by atoms with E-state index in [9.17, 15) is 0 Å². The molecule has 7 heteroatoms. The number of guanidine groups is 1. The molecule has 3 N–H and O–H groups in total. The molecule has 0 aromatic heterocycles. The standard InChI is InChI=1S/C16H23N3O4/c1-20-13-4-2-12(3-5-13)19-15(17)18-10-14-11-22-16(23-14)6-8-21-9-7-16/h2-5,14H,6-11H2,1H3,(H3,17,18,19). The fourth-order valence-corrected chi connectivity index (χ4v) is 2.71. The fraction of sp³-hybridized carbons (Fsp3) is 0.562. The van der Waals surface area contributed by atoms with Crippen molar-refractivity contribution in [1.82, 2.24) is 0 Å². The molecule has 2 saturated heterocycles. The third kappa shape index (κ3) is 4.13. The van der Waals surface area contributed by atoms with E-state index < -0.39 is 5.79 Å². The monoisotopic (exact) mass is 321 g/mol. The van der Waals surface area contributed by atoms with Crippen molar-refractivity contribution in [2.75, 3.05) is 38.8 Å². The van der Waals surface area contributed by atoms with Crippen molar-refractivity contribution in [3.8, 4) is 5.75 Å². The van der Waals surface area contributed by atoms with Crippen LogP contribution in [0.5, 0.6) is 5.75 Å². The summed E-state index contributed by atoms with van der Waals surface area (Å²) in [5.41, 5.74) is 6.77. The minimum absolute atomic E-state index is 0.0654. The fourth-order valence-electron chi connectivity index (χ4n) is 2.71. The van der Waals surface area contributed by atoms with Gasteiger partial charge in [0.2, 0.25) is 0 Å². The van der Waals surface area contributed by atoms with Gasteiger partial charge in [-0.2, -0.15) is 0 Å². The van der Waals surface area contributed by atoms with E-state index in [1.54, 1.807) is 7.11 Å². The SMILES string of the molecule is COc1ccc(NC(N)=NCC2COC3(CCOCC3)O2)cc1. The van der Waals surface area contributed by atoms with Gasteiger partial charge in [0.05, 0.1) is 33.5 Å². The van der Waals surface area contributed by atoms with Crippen LogP contribution in [0.15, 0.2) is 29.3 Å². The molecule has 0 bridgehead atoms. The quantitative estimate of drug-likeness (QED) is 0.643. The maximum absolute atomic E-state index is 6.01. The van der Waals surface area contributed by atoms with Gasteiger partial charge in [0.25, 0.3) is 0 Å². The topological polar surface area (TPSA) is 87.3 Å². The molecule has 7 nitrogen and oxygen atoms in total. The Labute approximate surface area is 135 Å². The van der Waals surface area contributed by atoms with Crippen LogP contribution in [0.4, 0.5) is 5.69 Å². The normalized spacial score (nSPS) is 23.9. The number of nitrogens with zero attached hydrogens (tertiary/aromatic N) is 1. The minimum atomic E-state index is -0.476. The van der Waals surface area contributed by atoms with Crippen LogP contribution in [0.1, 0.15) is 12.8 Å². The Hall–Kier alpha value is -1.83. The van der Waals surface area contributed by atoms with E-state index in [2.05, 4.69) is 10.3 Å². The van der Waals surface area contributed by atoms with Crippen LogP contribution in [0.3, 0.4) is 0 Å². The van der Waals surface area contributed by atoms with Gasteiger partial charge in [-0.1, -0.05) is 0 Å². The average molecular weight is 321 g/mol. The lowest BCUT2D eigenvalue weighted by Gasteiger charge is -2.31. The lowest BCUT2D eigenvalue weighted by atomic mass is 10.1. The summed E-state index contributed by atoms with van der Waals surface area (Å²) in [6.45, 7) is 2.37. The number of methoxy groups -OCH3 is 1. The molecule has 1 aromatic rings. The maximum Gasteiger partial charge on any atom is 0.193 e. The number of benzene rings is 1. The summed E-state index contributed by atoms with van der Waals surface area (Å²) >= 11 is 0. The number of nitrogens with two attached hydrogens (primary N) is 1. The van der Waals surface area contributed by atoms with Gasteiger partial charge in [0.15, 0.2) is 11.7 Å². The van der Waals surface area contributed by atoms with E-state index >= 15 is 0 Å². The van der Waals surface area contributed by atoms with Crippen molar-refractivity contribution in [3.63, 3.8) is 0 Å². The Morgan fingerprint density at radius 1 is 1.35 bits per heavy atom. The van der Waals surface area contributed by atoms with Crippen molar-refractivity contribution in [1.29, 1.82) is 0 Å². The average Bonchev–Trinajstić information content (AvgIpc) is 2.97. The summed E-state index contributed by atoms with van der Waals surface area (Å²) in [5, 5.41) is 3.04. The van der Waals surface area contributed by atoms with Crippen LogP contribution in [0, 0.1) is 0 Å². The Bertz CT molecular complexity index is 541. The summed E-state index contributed by atoms with van der Waals surface area (Å²) < 4.78 is 22.3. The van der Waals surface area contributed by atoms with Crippen LogP contribution in [0.2, 0.25) is 0 Å². The van der Waals surface area contributed by atoms with Gasteiger partial charge in [-0.3, -0.25) is 4.99 Å². The molecule has 23 heavy (non-hydrogen) atoms. The molecule has 1 unspecified atom stereocenters. The van der Waals surface area contributed by atoms with Crippen molar-refractivity contribution < 1.29 is 18.9 Å². The number of hydrogen-bond donors (Lipinski definition) is 2. The second kappa shape index (κ2) is 7.16. The van der Waals surface area contributed by atoms with E-state index in [-0.39, 0.29) is 6.10 Å². The zero-order valence-electron chi connectivity index (χ0n) is 13.3. The zero-order chi connectivity index (χ0) is 16.1. The number of nitrogens with one attached hydrogen (secondary N) is 1. The summed E-state index contributed by atoms with van der Waals surface area (Å²) in [6.07, 6.45) is 1.48. The number of rotatable bonds is 4. The second-order valence-corrected chi connectivity index (χ2v) is 5.65. The molecule has 1 spiro atoms. The first kappa shape index (κ1) is 16.0. The highest BCUT2D eigenvalue weighted by atomic mass is 16.7. The lowest BCUT2D eigenvalue weighted by Crippen LogP contribution is -2.38. The Morgan fingerprint density at radius 2 is 2.09 bits per heavy atom. The molecule has 0 radical (unpaired) electrons. The molecular weight excluding hydrogens is 298 g/mol. The summed E-state index contributed by atoms with van der Waals surface area (Å²) in [7, 11) is 1.63. The van der Waals surface area contributed by atoms with Crippen LogP contribution >= 0.6 is 0 Å². The lowest BCUT2D eigenvalue weighted by molar-refractivity contribution is -0.210. The molecule has 2 aliphatic heterocycles. The highest BCUT2D eigenvalue weighted by molar-refractivity contribution is 5.92. The zero-order valence-corrected chi connectivity index (χ0v) is 13.3. The van der Waals surface area contributed by atoms with Gasteiger partial charge >= 0.3 is 0 Å². The molecular formula is C16H23N3O4. The van der Waals surface area contributed by atoms with E-state index in [0.29, 0.717) is 32.3 Å². The highest BCUT2D eigenvalue weighted by Gasteiger charge is 2.42. The third-order valence-electron chi connectivity index (χ3n) is 4.00. The molecule has 2 fully saturated rings. The van der Waals surface area contributed by atoms with Gasteiger partial charge in [-0.05, 0) is 24.3 Å². The Morgan fingerprint density at radius 3 is 2.78 bits per heavy atom. The molecule has 3 rings (SSSR count). The van der Waals surface area contributed by atoms with Gasteiger partial charge in [0.1, 0.15) is 11.9 Å². The molecule has 126 valence electrons. The van der Waals surface area contributed by atoms with E-state index in [4.69, 9.17) is 24.7 Å². The summed E-state index contributed by atoms with van der Waals surface area (Å²) in [5.74, 6) is 0.674. The van der Waals surface area contributed by atoms with E-state index in [0.717, 1.165) is 24.3 Å². The first-order valence-electron chi connectivity index (χ1n) is 7.80. The van der Waals surface area contributed by atoms with Crippen LogP contribution < -0.4 is 15.8 Å². The predicted octanol–water partition coefficient (Wildman–Crippen LogP) is 1.34. The molecule has 2 aliphatic rings. The highest BCUT2D eigenvalue weighted by Crippen LogP contribution is 2.33. The van der Waals surface area contributed by atoms with Gasteiger partial charge < -0.3 is 30.0 Å². The van der Waals surface area contributed by atoms with Crippen molar-refractivity contribution in [2.45, 2.75) is 24.7 Å². The Balaban J connectivity index is 1.49. The molecule has 1 aromatic carbocycles. The minimum Gasteiger partial charge on any atom is -0.497 e. The Kier molecular flexibility index (Phi) is 5.00. The molecule has 0 aliphatic carbocycles. The van der Waals surface area contributed by atoms with Gasteiger partial charge in [-0.25, -0.2) is 0 Å². The smallest absolute Gasteiger partial charge is 0.193 e. The predicted molar refractivity (Wildman–Crippen MR) is 86.7 cm³/mol. The first-order valence-corrected chi connectivity index (χ1v) is 7.80. The number of aliphatic imine (C=N–C) groups is 1. The van der Waals surface area contributed by atoms with E-state index in [1.165, 1.54) is 0 Å². The summed E-state index contributed by atoms with van der Waals surface area (Å²) in [4.78, 5) is 4.34. The van der Waals surface area contributed by atoms with E-state index in [1.807, 2.05) is 24.3 Å². The molecule has 1 atom stereocenters. The maximum atomic E-state index is 6.01. The van der Waals surface area contributed by atoms with Crippen molar-refractivity contribution >= 4 is 11.6 Å².